The lowest BCUT2D eigenvalue weighted by Gasteiger charge is -2.08. The second-order valence-electron chi connectivity index (χ2n) is 3.84. The summed E-state index contributed by atoms with van der Waals surface area (Å²) in [6.07, 6.45) is 1.64. The topological polar surface area (TPSA) is 67.0 Å². The van der Waals surface area contributed by atoms with Crippen LogP contribution in [0.15, 0.2) is 33.3 Å². The molecule has 0 aliphatic rings. The maximum absolute atomic E-state index is 11.7. The fraction of sp³-hybridized carbons (Fsp3) is 0.167. The zero-order valence-electron chi connectivity index (χ0n) is 10.0. The summed E-state index contributed by atoms with van der Waals surface area (Å²) in [6.45, 7) is 1.78. The Kier molecular flexibility index (Phi) is 4.60. The van der Waals surface area contributed by atoms with Gasteiger partial charge in [-0.2, -0.15) is 5.10 Å². The van der Waals surface area contributed by atoms with Gasteiger partial charge in [-0.15, -0.1) is 0 Å². The number of nitrogens with one attached hydrogen (secondary N) is 2. The molecule has 2 aromatic rings. The summed E-state index contributed by atoms with van der Waals surface area (Å²) < 4.78 is 7.15. The molecule has 2 rings (SSSR count). The SMILES string of the molecule is Cc1cn[nH]c1NC(=O)COc1ccc(Br)cc1Br. The van der Waals surface area contributed by atoms with E-state index in [0.717, 1.165) is 14.5 Å². The van der Waals surface area contributed by atoms with Crippen LogP contribution in [0.2, 0.25) is 0 Å². The number of carbonyl (C=O) groups excluding carboxylic acids is 1. The van der Waals surface area contributed by atoms with Gasteiger partial charge in [-0.3, -0.25) is 9.89 Å². The number of hydrogen-bond acceptors (Lipinski definition) is 3. The Bertz CT molecular complexity index is 598. The van der Waals surface area contributed by atoms with Gasteiger partial charge in [0.25, 0.3) is 5.91 Å². The van der Waals surface area contributed by atoms with Crippen LogP contribution in [0.5, 0.6) is 5.75 Å². The summed E-state index contributed by atoms with van der Waals surface area (Å²) in [6, 6.07) is 5.48. The number of benzene rings is 1. The third-order valence-electron chi connectivity index (χ3n) is 2.35. The van der Waals surface area contributed by atoms with Crippen LogP contribution in [0.1, 0.15) is 5.56 Å². The Morgan fingerprint density at radius 1 is 1.47 bits per heavy atom. The minimum absolute atomic E-state index is 0.0707. The molecule has 0 atom stereocenters. The summed E-state index contributed by atoms with van der Waals surface area (Å²) in [5, 5.41) is 9.21. The second kappa shape index (κ2) is 6.21. The van der Waals surface area contributed by atoms with Crippen molar-refractivity contribution < 1.29 is 9.53 Å². The van der Waals surface area contributed by atoms with Crippen molar-refractivity contribution in [3.05, 3.63) is 38.9 Å². The maximum Gasteiger partial charge on any atom is 0.263 e. The highest BCUT2D eigenvalue weighted by Crippen LogP contribution is 2.28. The molecule has 0 spiro atoms. The van der Waals surface area contributed by atoms with Crippen LogP contribution in [0, 0.1) is 6.92 Å². The molecular formula is C12H11Br2N3O2. The van der Waals surface area contributed by atoms with Gasteiger partial charge in [0.1, 0.15) is 11.6 Å². The van der Waals surface area contributed by atoms with Crippen LogP contribution < -0.4 is 10.1 Å². The van der Waals surface area contributed by atoms with E-state index in [0.29, 0.717) is 11.6 Å². The molecule has 1 amide bonds. The molecule has 0 aliphatic carbocycles. The number of hydrogen-bond donors (Lipinski definition) is 2. The summed E-state index contributed by atoms with van der Waals surface area (Å²) in [7, 11) is 0. The van der Waals surface area contributed by atoms with Crippen molar-refractivity contribution in [1.82, 2.24) is 10.2 Å². The fourth-order valence-electron chi connectivity index (χ4n) is 1.38. The first-order valence-corrected chi connectivity index (χ1v) is 7.02. The molecule has 100 valence electrons. The molecule has 7 heteroatoms. The number of rotatable bonds is 4. The molecule has 0 saturated carbocycles. The molecule has 0 aliphatic heterocycles. The molecule has 0 unspecified atom stereocenters. The van der Waals surface area contributed by atoms with E-state index in [1.54, 1.807) is 12.3 Å². The smallest absolute Gasteiger partial charge is 0.263 e. The van der Waals surface area contributed by atoms with E-state index in [1.165, 1.54) is 0 Å². The van der Waals surface area contributed by atoms with Gasteiger partial charge in [0, 0.05) is 10.0 Å². The van der Waals surface area contributed by atoms with E-state index in [-0.39, 0.29) is 12.5 Å². The Hall–Kier alpha value is -1.34. The van der Waals surface area contributed by atoms with Crippen LogP contribution in [-0.2, 0) is 4.79 Å². The van der Waals surface area contributed by atoms with Crippen molar-refractivity contribution in [3.63, 3.8) is 0 Å². The largest absolute Gasteiger partial charge is 0.483 e. The summed E-state index contributed by atoms with van der Waals surface area (Å²) in [4.78, 5) is 11.7. The minimum atomic E-state index is -0.248. The van der Waals surface area contributed by atoms with Crippen molar-refractivity contribution in [3.8, 4) is 5.75 Å². The van der Waals surface area contributed by atoms with Crippen molar-refractivity contribution >= 4 is 43.6 Å². The number of ether oxygens (including phenoxy) is 1. The highest BCUT2D eigenvalue weighted by molar-refractivity contribution is 9.11. The van der Waals surface area contributed by atoms with Crippen LogP contribution in [0.25, 0.3) is 0 Å². The Balaban J connectivity index is 1.92. The number of carbonyl (C=O) groups is 1. The Morgan fingerprint density at radius 2 is 2.26 bits per heavy atom. The lowest BCUT2D eigenvalue weighted by molar-refractivity contribution is -0.118. The zero-order chi connectivity index (χ0) is 13.8. The Morgan fingerprint density at radius 3 is 2.89 bits per heavy atom. The van der Waals surface area contributed by atoms with Gasteiger partial charge in [-0.1, -0.05) is 15.9 Å². The van der Waals surface area contributed by atoms with Gasteiger partial charge < -0.3 is 10.1 Å². The number of aromatic nitrogens is 2. The van der Waals surface area contributed by atoms with E-state index in [9.17, 15) is 4.79 Å². The quantitative estimate of drug-likeness (QED) is 0.844. The van der Waals surface area contributed by atoms with Gasteiger partial charge in [0.2, 0.25) is 0 Å². The highest BCUT2D eigenvalue weighted by Gasteiger charge is 2.08. The van der Waals surface area contributed by atoms with Crippen LogP contribution in [0.3, 0.4) is 0 Å². The number of H-pyrrole nitrogens is 1. The van der Waals surface area contributed by atoms with Gasteiger partial charge in [-0.05, 0) is 41.1 Å². The number of nitrogens with zero attached hydrogens (tertiary/aromatic N) is 1. The average molecular weight is 389 g/mol. The van der Waals surface area contributed by atoms with E-state index in [2.05, 4.69) is 47.4 Å². The number of aryl methyl sites for hydroxylation is 1. The number of anilines is 1. The standard InChI is InChI=1S/C12H11Br2N3O2/c1-7-5-15-17-12(7)16-11(18)6-19-10-3-2-8(13)4-9(10)14/h2-5H,6H2,1H3,(H2,15,16,17,18). The third-order valence-corrected chi connectivity index (χ3v) is 3.46. The summed E-state index contributed by atoms with van der Waals surface area (Å²) in [5.41, 5.74) is 0.873. The summed E-state index contributed by atoms with van der Waals surface area (Å²) in [5.74, 6) is 0.949. The zero-order valence-corrected chi connectivity index (χ0v) is 13.2. The van der Waals surface area contributed by atoms with E-state index >= 15 is 0 Å². The van der Waals surface area contributed by atoms with Crippen molar-refractivity contribution in [2.45, 2.75) is 6.92 Å². The number of aromatic amines is 1. The first-order chi connectivity index (χ1) is 9.06. The van der Waals surface area contributed by atoms with Gasteiger partial charge in [0.15, 0.2) is 6.61 Å². The molecule has 1 aromatic carbocycles. The molecule has 0 bridgehead atoms. The molecule has 5 nitrogen and oxygen atoms in total. The van der Waals surface area contributed by atoms with E-state index in [1.807, 2.05) is 19.1 Å². The predicted molar refractivity (Wildman–Crippen MR) is 79.3 cm³/mol. The van der Waals surface area contributed by atoms with E-state index in [4.69, 9.17) is 4.74 Å². The second-order valence-corrected chi connectivity index (χ2v) is 5.61. The van der Waals surface area contributed by atoms with Gasteiger partial charge in [-0.25, -0.2) is 0 Å². The normalized spacial score (nSPS) is 10.3. The van der Waals surface area contributed by atoms with Crippen molar-refractivity contribution in [2.75, 3.05) is 11.9 Å². The lowest BCUT2D eigenvalue weighted by atomic mass is 10.3. The Labute approximate surface area is 127 Å². The van der Waals surface area contributed by atoms with E-state index < -0.39 is 0 Å². The third kappa shape index (κ3) is 3.81. The maximum atomic E-state index is 11.7. The monoisotopic (exact) mass is 387 g/mol. The number of amides is 1. The van der Waals surface area contributed by atoms with Crippen LogP contribution in [0.4, 0.5) is 5.82 Å². The molecule has 2 N–H and O–H groups in total. The first-order valence-electron chi connectivity index (χ1n) is 5.44. The number of halogens is 2. The van der Waals surface area contributed by atoms with Crippen LogP contribution >= 0.6 is 31.9 Å². The predicted octanol–water partition coefficient (Wildman–Crippen LogP) is 3.26. The molecular weight excluding hydrogens is 378 g/mol. The molecule has 19 heavy (non-hydrogen) atoms. The molecule has 0 saturated heterocycles. The van der Waals surface area contributed by atoms with Crippen molar-refractivity contribution in [2.24, 2.45) is 0 Å². The van der Waals surface area contributed by atoms with Crippen LogP contribution in [-0.4, -0.2) is 22.7 Å². The molecule has 1 aromatic heterocycles. The van der Waals surface area contributed by atoms with Gasteiger partial charge in [0.05, 0.1) is 10.7 Å². The molecule has 0 fully saturated rings. The molecule has 0 radical (unpaired) electrons. The fourth-order valence-corrected chi connectivity index (χ4v) is 2.55. The lowest BCUT2D eigenvalue weighted by Crippen LogP contribution is -2.20. The average Bonchev–Trinajstić information content (AvgIpc) is 2.74. The molecule has 1 heterocycles. The van der Waals surface area contributed by atoms with Gasteiger partial charge >= 0.3 is 0 Å². The van der Waals surface area contributed by atoms with Crippen molar-refractivity contribution in [1.29, 1.82) is 0 Å². The first kappa shape index (κ1) is 14.1. The minimum Gasteiger partial charge on any atom is -0.483 e. The highest BCUT2D eigenvalue weighted by atomic mass is 79.9. The summed E-state index contributed by atoms with van der Waals surface area (Å²) >= 11 is 6.71.